The van der Waals surface area contributed by atoms with Gasteiger partial charge in [-0.05, 0) is 11.7 Å². The monoisotopic (exact) mass is 243 g/mol. The molecule has 1 aromatic rings. The Bertz CT molecular complexity index is 428. The van der Waals surface area contributed by atoms with E-state index in [1.54, 1.807) is 0 Å². The van der Waals surface area contributed by atoms with Crippen LogP contribution < -0.4 is 5.69 Å². The van der Waals surface area contributed by atoms with E-state index in [1.165, 1.54) is 10.8 Å². The van der Waals surface area contributed by atoms with E-state index in [-0.39, 0.29) is 11.6 Å². The summed E-state index contributed by atoms with van der Waals surface area (Å²) in [5.41, 5.74) is -0.639. The van der Waals surface area contributed by atoms with Crippen molar-refractivity contribution in [3.05, 3.63) is 33.0 Å². The Hall–Kier alpha value is -1.37. The second kappa shape index (κ2) is 5.64. The van der Waals surface area contributed by atoms with Gasteiger partial charge in [0, 0.05) is 6.54 Å². The van der Waals surface area contributed by atoms with Crippen molar-refractivity contribution in [1.29, 1.82) is 0 Å². The van der Waals surface area contributed by atoms with E-state index in [1.807, 2.05) is 6.92 Å². The summed E-state index contributed by atoms with van der Waals surface area (Å²) in [6.07, 6.45) is 3.06. The van der Waals surface area contributed by atoms with Gasteiger partial charge in [0.15, 0.2) is 0 Å². The largest absolute Gasteiger partial charge is 0.347 e. The summed E-state index contributed by atoms with van der Waals surface area (Å²) in [5, 5.41) is 10.5. The smallest absolute Gasteiger partial charge is 0.292 e. The third-order valence-corrected chi connectivity index (χ3v) is 2.86. The van der Waals surface area contributed by atoms with Crippen molar-refractivity contribution >= 4 is 18.3 Å². The van der Waals surface area contributed by atoms with Crippen molar-refractivity contribution in [1.82, 2.24) is 9.55 Å². The highest BCUT2D eigenvalue weighted by Crippen LogP contribution is 2.10. The van der Waals surface area contributed by atoms with E-state index >= 15 is 0 Å². The van der Waals surface area contributed by atoms with Gasteiger partial charge in [-0.1, -0.05) is 13.3 Å². The van der Waals surface area contributed by atoms with Gasteiger partial charge in [-0.3, -0.25) is 14.7 Å². The molecule has 0 fully saturated rings. The fraction of sp³-hybridized carbons (Fsp3) is 0.556. The molecule has 0 aromatic carbocycles. The van der Waals surface area contributed by atoms with Gasteiger partial charge in [-0.15, -0.1) is 0 Å². The number of hydrogen-bond donors (Lipinski definition) is 1. The minimum Gasteiger partial charge on any atom is -0.292 e. The molecule has 0 radical (unpaired) electrons. The number of aromatic nitrogens is 2. The highest BCUT2D eigenvalue weighted by molar-refractivity contribution is 7.80. The molecule has 0 aliphatic carbocycles. The van der Waals surface area contributed by atoms with Gasteiger partial charge in [-0.25, -0.2) is 4.79 Å². The van der Waals surface area contributed by atoms with E-state index in [0.29, 0.717) is 12.3 Å². The molecule has 16 heavy (non-hydrogen) atoms. The Morgan fingerprint density at radius 2 is 2.38 bits per heavy atom. The van der Waals surface area contributed by atoms with Crippen LogP contribution in [0.15, 0.2) is 17.2 Å². The third kappa shape index (κ3) is 3.06. The summed E-state index contributed by atoms with van der Waals surface area (Å²) in [5.74, 6) is 0.843. The highest BCUT2D eigenvalue weighted by atomic mass is 32.1. The zero-order valence-electron chi connectivity index (χ0n) is 8.87. The van der Waals surface area contributed by atoms with Crippen molar-refractivity contribution in [2.24, 2.45) is 5.92 Å². The zero-order valence-corrected chi connectivity index (χ0v) is 9.76. The molecule has 0 amide bonds. The van der Waals surface area contributed by atoms with Gasteiger partial charge in [-0.2, -0.15) is 17.6 Å². The van der Waals surface area contributed by atoms with Gasteiger partial charge in [0.2, 0.25) is 0 Å². The van der Waals surface area contributed by atoms with Crippen molar-refractivity contribution in [3.63, 3.8) is 0 Å². The van der Waals surface area contributed by atoms with Crippen molar-refractivity contribution in [3.8, 4) is 0 Å². The Kier molecular flexibility index (Phi) is 4.48. The first kappa shape index (κ1) is 12.7. The highest BCUT2D eigenvalue weighted by Gasteiger charge is 2.11. The molecule has 0 bridgehead atoms. The van der Waals surface area contributed by atoms with Gasteiger partial charge < -0.3 is 0 Å². The standard InChI is InChI=1S/C9H13N3O3S/c1-2-7(6-16)4-11-5-8(12(14)15)3-10-9(11)13/h3,5,7,16H,2,4,6H2,1H3. The molecule has 0 aliphatic heterocycles. The molecular weight excluding hydrogens is 230 g/mol. The van der Waals surface area contributed by atoms with Crippen LogP contribution in [0.2, 0.25) is 0 Å². The lowest BCUT2D eigenvalue weighted by atomic mass is 10.1. The first-order valence-corrected chi connectivity index (χ1v) is 5.53. The zero-order chi connectivity index (χ0) is 12.1. The maximum Gasteiger partial charge on any atom is 0.347 e. The maximum atomic E-state index is 11.4. The first-order valence-electron chi connectivity index (χ1n) is 4.90. The lowest BCUT2D eigenvalue weighted by Crippen LogP contribution is -2.26. The maximum absolute atomic E-state index is 11.4. The Morgan fingerprint density at radius 1 is 1.69 bits per heavy atom. The predicted molar refractivity (Wildman–Crippen MR) is 62.8 cm³/mol. The number of rotatable bonds is 5. The minimum absolute atomic E-state index is 0.173. The number of nitro groups is 1. The predicted octanol–water partition coefficient (Wildman–Crippen LogP) is 1.11. The topological polar surface area (TPSA) is 78.0 Å². The number of hydrogen-bond acceptors (Lipinski definition) is 5. The van der Waals surface area contributed by atoms with Gasteiger partial charge >= 0.3 is 11.4 Å². The van der Waals surface area contributed by atoms with E-state index in [9.17, 15) is 14.9 Å². The Balaban J connectivity index is 2.98. The Morgan fingerprint density at radius 3 is 2.88 bits per heavy atom. The number of thiol groups is 1. The first-order chi connectivity index (χ1) is 7.58. The van der Waals surface area contributed by atoms with Crippen LogP contribution in [-0.4, -0.2) is 20.2 Å². The summed E-state index contributed by atoms with van der Waals surface area (Å²) >= 11 is 4.16. The molecule has 0 N–H and O–H groups in total. The van der Waals surface area contributed by atoms with E-state index < -0.39 is 10.6 Å². The molecular formula is C9H13N3O3S. The van der Waals surface area contributed by atoms with Crippen LogP contribution in [0.4, 0.5) is 5.69 Å². The quantitative estimate of drug-likeness (QED) is 0.477. The lowest BCUT2D eigenvalue weighted by molar-refractivity contribution is -0.385. The van der Waals surface area contributed by atoms with E-state index in [2.05, 4.69) is 17.6 Å². The fourth-order valence-corrected chi connectivity index (χ4v) is 1.64. The molecule has 1 heterocycles. The average molecular weight is 243 g/mol. The molecule has 0 spiro atoms. The van der Waals surface area contributed by atoms with E-state index in [0.717, 1.165) is 12.6 Å². The Labute approximate surface area is 97.9 Å². The van der Waals surface area contributed by atoms with Crippen LogP contribution in [-0.2, 0) is 6.54 Å². The van der Waals surface area contributed by atoms with E-state index in [4.69, 9.17) is 0 Å². The molecule has 88 valence electrons. The molecule has 6 nitrogen and oxygen atoms in total. The summed E-state index contributed by atoms with van der Waals surface area (Å²) in [4.78, 5) is 24.8. The van der Waals surface area contributed by atoms with Crippen molar-refractivity contribution in [2.45, 2.75) is 19.9 Å². The summed E-state index contributed by atoms with van der Waals surface area (Å²) < 4.78 is 1.27. The van der Waals surface area contributed by atoms with Crippen molar-refractivity contribution < 1.29 is 4.92 Å². The van der Waals surface area contributed by atoms with Crippen LogP contribution in [0.1, 0.15) is 13.3 Å². The van der Waals surface area contributed by atoms with Crippen LogP contribution in [0.25, 0.3) is 0 Å². The van der Waals surface area contributed by atoms with Crippen LogP contribution in [0, 0.1) is 16.0 Å². The molecule has 7 heteroatoms. The molecule has 1 atom stereocenters. The fourth-order valence-electron chi connectivity index (χ4n) is 1.26. The van der Waals surface area contributed by atoms with Crippen LogP contribution in [0.5, 0.6) is 0 Å². The molecule has 0 saturated heterocycles. The molecule has 1 rings (SSSR count). The van der Waals surface area contributed by atoms with Gasteiger partial charge in [0.05, 0.1) is 11.1 Å². The number of nitrogens with zero attached hydrogens (tertiary/aromatic N) is 3. The van der Waals surface area contributed by atoms with Gasteiger partial charge in [0.25, 0.3) is 0 Å². The third-order valence-electron chi connectivity index (χ3n) is 2.34. The average Bonchev–Trinajstić information content (AvgIpc) is 2.27. The molecule has 1 aromatic heterocycles. The van der Waals surface area contributed by atoms with Gasteiger partial charge in [0.1, 0.15) is 6.20 Å². The van der Waals surface area contributed by atoms with Crippen LogP contribution >= 0.6 is 12.6 Å². The molecule has 0 saturated carbocycles. The normalized spacial score (nSPS) is 12.4. The van der Waals surface area contributed by atoms with Crippen molar-refractivity contribution in [2.75, 3.05) is 5.75 Å². The summed E-state index contributed by atoms with van der Waals surface area (Å²) in [6.45, 7) is 2.39. The molecule has 1 unspecified atom stereocenters. The van der Waals surface area contributed by atoms with Crippen LogP contribution in [0.3, 0.4) is 0 Å². The summed E-state index contributed by atoms with van der Waals surface area (Å²) in [7, 11) is 0. The molecule has 0 aliphatic rings. The summed E-state index contributed by atoms with van der Waals surface area (Å²) in [6, 6.07) is 0. The minimum atomic E-state index is -0.565. The second-order valence-corrected chi connectivity index (χ2v) is 3.83. The second-order valence-electron chi connectivity index (χ2n) is 3.46. The lowest BCUT2D eigenvalue weighted by Gasteiger charge is -2.12. The SMILES string of the molecule is CCC(CS)Cn1cc([N+](=O)[O-])cnc1=O.